The van der Waals surface area contributed by atoms with E-state index in [9.17, 15) is 4.79 Å². The van der Waals surface area contributed by atoms with Crippen molar-refractivity contribution in [3.05, 3.63) is 5.82 Å². The molecule has 8 heteroatoms. The van der Waals surface area contributed by atoms with Crippen LogP contribution in [0.4, 0.5) is 0 Å². The lowest BCUT2D eigenvalue weighted by Gasteiger charge is -2.37. The summed E-state index contributed by atoms with van der Waals surface area (Å²) >= 11 is 0. The van der Waals surface area contributed by atoms with Crippen molar-refractivity contribution in [2.75, 3.05) is 32.8 Å². The summed E-state index contributed by atoms with van der Waals surface area (Å²) in [5, 5.41) is 11.4. The molecule has 0 unspecified atom stereocenters. The smallest absolute Gasteiger partial charge is 0.244 e. The molecule has 1 aromatic rings. The molecule has 0 aliphatic carbocycles. The molecule has 24 heavy (non-hydrogen) atoms. The van der Waals surface area contributed by atoms with Gasteiger partial charge in [0.15, 0.2) is 0 Å². The van der Waals surface area contributed by atoms with E-state index in [-0.39, 0.29) is 12.5 Å². The number of rotatable bonds is 3. The van der Waals surface area contributed by atoms with Gasteiger partial charge in [0.1, 0.15) is 12.4 Å². The number of hydrogen-bond acceptors (Lipinski definition) is 6. The summed E-state index contributed by atoms with van der Waals surface area (Å²) < 4.78 is 7.10. The molecule has 0 aromatic carbocycles. The lowest BCUT2D eigenvalue weighted by Crippen LogP contribution is -2.49. The van der Waals surface area contributed by atoms with Crippen LogP contribution < -0.4 is 0 Å². The predicted molar refractivity (Wildman–Crippen MR) is 86.2 cm³/mol. The van der Waals surface area contributed by atoms with Gasteiger partial charge in [0.05, 0.1) is 0 Å². The van der Waals surface area contributed by atoms with Crippen molar-refractivity contribution in [3.63, 3.8) is 0 Å². The van der Waals surface area contributed by atoms with Crippen LogP contribution in [0.1, 0.15) is 31.5 Å². The number of piperidine rings is 1. The van der Waals surface area contributed by atoms with Crippen molar-refractivity contribution in [2.24, 2.45) is 5.92 Å². The van der Waals surface area contributed by atoms with Crippen LogP contribution in [-0.4, -0.2) is 80.8 Å². The number of fused-ring (bicyclic) bond motifs is 4. The fourth-order valence-electron chi connectivity index (χ4n) is 4.39. The van der Waals surface area contributed by atoms with Gasteiger partial charge in [-0.25, -0.2) is 4.68 Å². The third-order valence-electron chi connectivity index (χ3n) is 5.77. The quantitative estimate of drug-likeness (QED) is 0.779. The van der Waals surface area contributed by atoms with Crippen LogP contribution in [0.5, 0.6) is 0 Å². The fraction of sp³-hybridized carbons (Fsp3) is 0.875. The summed E-state index contributed by atoms with van der Waals surface area (Å²) in [4.78, 5) is 17.5. The minimum Gasteiger partial charge on any atom is -0.381 e. The van der Waals surface area contributed by atoms with Gasteiger partial charge in [-0.3, -0.25) is 9.69 Å². The van der Waals surface area contributed by atoms with Gasteiger partial charge in [0.25, 0.3) is 0 Å². The molecule has 4 saturated heterocycles. The monoisotopic (exact) mass is 334 g/mol. The summed E-state index contributed by atoms with van der Waals surface area (Å²) in [6.45, 7) is 6.82. The Labute approximate surface area is 142 Å². The van der Waals surface area contributed by atoms with E-state index in [1.807, 2.05) is 6.92 Å². The molecule has 5 rings (SSSR count). The Morgan fingerprint density at radius 2 is 1.96 bits per heavy atom. The molecular formula is C16H26N6O2. The Bertz CT molecular complexity index is 585. The molecule has 0 saturated carbocycles. The van der Waals surface area contributed by atoms with Crippen LogP contribution in [0.25, 0.3) is 0 Å². The second kappa shape index (κ2) is 6.76. The maximum Gasteiger partial charge on any atom is 0.244 e. The van der Waals surface area contributed by atoms with Crippen LogP contribution in [0, 0.1) is 12.8 Å². The molecule has 0 N–H and O–H groups in total. The number of nitrogens with zero attached hydrogens (tertiary/aromatic N) is 6. The molecule has 8 nitrogen and oxygen atoms in total. The van der Waals surface area contributed by atoms with E-state index < -0.39 is 0 Å². The van der Waals surface area contributed by atoms with E-state index in [0.29, 0.717) is 23.8 Å². The van der Waals surface area contributed by atoms with Gasteiger partial charge in [0.2, 0.25) is 5.91 Å². The average Bonchev–Trinajstić information content (AvgIpc) is 2.83. The first kappa shape index (κ1) is 16.0. The lowest BCUT2D eigenvalue weighted by atomic mass is 9.95. The van der Waals surface area contributed by atoms with Crippen molar-refractivity contribution >= 4 is 5.91 Å². The highest BCUT2D eigenvalue weighted by atomic mass is 16.5. The van der Waals surface area contributed by atoms with Gasteiger partial charge in [-0.05, 0) is 49.0 Å². The van der Waals surface area contributed by atoms with E-state index in [4.69, 9.17) is 4.74 Å². The maximum absolute atomic E-state index is 12.8. The highest BCUT2D eigenvalue weighted by molar-refractivity contribution is 5.76. The molecule has 4 aliphatic heterocycles. The molecule has 0 radical (unpaired) electrons. The minimum atomic E-state index is 0.147. The lowest BCUT2D eigenvalue weighted by molar-refractivity contribution is -0.136. The summed E-state index contributed by atoms with van der Waals surface area (Å²) in [6.07, 6.45) is 4.59. The number of aryl methyl sites for hydroxylation is 1. The topological polar surface area (TPSA) is 76.4 Å². The second-order valence-corrected chi connectivity index (χ2v) is 7.32. The van der Waals surface area contributed by atoms with Crippen LogP contribution in [0.3, 0.4) is 0 Å². The van der Waals surface area contributed by atoms with Crippen molar-refractivity contribution in [1.82, 2.24) is 30.0 Å². The zero-order valence-corrected chi connectivity index (χ0v) is 14.3. The van der Waals surface area contributed by atoms with Gasteiger partial charge >= 0.3 is 0 Å². The molecule has 1 aromatic heterocycles. The highest BCUT2D eigenvalue weighted by Crippen LogP contribution is 2.30. The Hall–Kier alpha value is -1.54. The number of carbonyl (C=O) groups excluding carboxylic acids is 1. The molecular weight excluding hydrogens is 308 g/mol. The molecule has 2 bridgehead atoms. The molecule has 0 spiro atoms. The first-order valence-corrected chi connectivity index (χ1v) is 9.04. The van der Waals surface area contributed by atoms with E-state index in [1.165, 1.54) is 6.42 Å². The van der Waals surface area contributed by atoms with E-state index >= 15 is 0 Å². The normalized spacial score (nSPS) is 29.0. The SMILES string of the molecule is Cc1nnnn1CC(=O)N1C[C@H]2CC[C@@H]1CN(C1CCOCC1)C2. The molecule has 2 atom stereocenters. The molecule has 5 heterocycles. The molecule has 132 valence electrons. The van der Waals surface area contributed by atoms with Crippen molar-refractivity contribution in [2.45, 2.75) is 51.2 Å². The molecule has 4 fully saturated rings. The van der Waals surface area contributed by atoms with E-state index in [0.717, 1.165) is 52.1 Å². The van der Waals surface area contributed by atoms with Crippen LogP contribution in [0.2, 0.25) is 0 Å². The largest absolute Gasteiger partial charge is 0.381 e. The first-order valence-electron chi connectivity index (χ1n) is 9.04. The van der Waals surface area contributed by atoms with Crippen molar-refractivity contribution < 1.29 is 9.53 Å². The highest BCUT2D eigenvalue weighted by Gasteiger charge is 2.39. The average molecular weight is 334 g/mol. The van der Waals surface area contributed by atoms with Crippen LogP contribution in [0.15, 0.2) is 0 Å². The summed E-state index contributed by atoms with van der Waals surface area (Å²) in [5.74, 6) is 1.42. The zero-order valence-electron chi connectivity index (χ0n) is 14.3. The molecule has 1 amide bonds. The van der Waals surface area contributed by atoms with Gasteiger partial charge in [-0.15, -0.1) is 5.10 Å². The maximum atomic E-state index is 12.8. The van der Waals surface area contributed by atoms with Gasteiger partial charge in [-0.1, -0.05) is 0 Å². The fourth-order valence-corrected chi connectivity index (χ4v) is 4.39. The van der Waals surface area contributed by atoms with Crippen molar-refractivity contribution in [3.8, 4) is 0 Å². The number of carbonyl (C=O) groups is 1. The summed E-state index contributed by atoms with van der Waals surface area (Å²) in [7, 11) is 0. The van der Waals surface area contributed by atoms with Crippen LogP contribution >= 0.6 is 0 Å². The third-order valence-corrected chi connectivity index (χ3v) is 5.77. The van der Waals surface area contributed by atoms with Gasteiger partial charge < -0.3 is 9.64 Å². The van der Waals surface area contributed by atoms with Crippen molar-refractivity contribution in [1.29, 1.82) is 0 Å². The number of ether oxygens (including phenoxy) is 1. The van der Waals surface area contributed by atoms with Crippen LogP contribution in [-0.2, 0) is 16.1 Å². The number of tetrazole rings is 1. The Balaban J connectivity index is 1.44. The number of hydrogen-bond donors (Lipinski definition) is 0. The standard InChI is InChI=1S/C16H26N6O2/c1-12-17-18-19-22(12)11-16(23)21-9-13-2-3-15(21)10-20(8-13)14-4-6-24-7-5-14/h13-15H,2-11H2,1H3/t13-,15+/m0/s1. The Morgan fingerprint density at radius 3 is 2.71 bits per heavy atom. The number of amides is 1. The third kappa shape index (κ3) is 3.17. The van der Waals surface area contributed by atoms with Gasteiger partial charge in [0, 0.05) is 44.9 Å². The minimum absolute atomic E-state index is 0.147. The molecule has 4 aliphatic rings. The second-order valence-electron chi connectivity index (χ2n) is 7.32. The summed E-state index contributed by atoms with van der Waals surface area (Å²) in [5.41, 5.74) is 0. The number of aromatic nitrogens is 4. The predicted octanol–water partition coefficient (Wildman–Crippen LogP) is 0.0833. The summed E-state index contributed by atoms with van der Waals surface area (Å²) in [6, 6.07) is 0.953. The zero-order chi connectivity index (χ0) is 16.5. The van der Waals surface area contributed by atoms with Gasteiger partial charge in [-0.2, -0.15) is 0 Å². The Morgan fingerprint density at radius 1 is 1.12 bits per heavy atom. The van der Waals surface area contributed by atoms with E-state index in [2.05, 4.69) is 25.3 Å². The van der Waals surface area contributed by atoms with E-state index in [1.54, 1.807) is 4.68 Å². The Kier molecular flexibility index (Phi) is 4.49. The first-order chi connectivity index (χ1) is 11.7.